The van der Waals surface area contributed by atoms with Gasteiger partial charge >= 0.3 is 0 Å². The minimum absolute atomic E-state index is 0.169. The maximum Gasteiger partial charge on any atom is 0.226 e. The third-order valence-electron chi connectivity index (χ3n) is 4.31. The Morgan fingerprint density at radius 3 is 2.62 bits per heavy atom. The van der Waals surface area contributed by atoms with Crippen molar-refractivity contribution in [3.63, 3.8) is 0 Å². The van der Waals surface area contributed by atoms with Gasteiger partial charge in [-0.15, -0.1) is 0 Å². The van der Waals surface area contributed by atoms with Crippen molar-refractivity contribution < 1.29 is 9.47 Å². The zero-order valence-electron chi connectivity index (χ0n) is 14.3. The zero-order chi connectivity index (χ0) is 18.1. The van der Waals surface area contributed by atoms with Crippen LogP contribution in [0.4, 0.5) is 5.95 Å². The molecule has 26 heavy (non-hydrogen) atoms. The Morgan fingerprint density at radius 2 is 1.88 bits per heavy atom. The summed E-state index contributed by atoms with van der Waals surface area (Å²) in [6.45, 7) is 0. The van der Waals surface area contributed by atoms with Crippen LogP contribution in [-0.2, 0) is 0 Å². The summed E-state index contributed by atoms with van der Waals surface area (Å²) in [6.07, 6.45) is 3.66. The highest BCUT2D eigenvalue weighted by Crippen LogP contribution is 2.40. The molecule has 2 aromatic carbocycles. The molecular weight excluding hydrogens is 396 g/mol. The average Bonchev–Trinajstić information content (AvgIpc) is 3.15. The zero-order valence-corrected chi connectivity index (χ0v) is 15.9. The van der Waals surface area contributed by atoms with Gasteiger partial charge in [-0.3, -0.25) is 0 Å². The summed E-state index contributed by atoms with van der Waals surface area (Å²) < 4.78 is 13.9. The smallest absolute Gasteiger partial charge is 0.226 e. The lowest BCUT2D eigenvalue weighted by Gasteiger charge is -2.26. The van der Waals surface area contributed by atoms with Gasteiger partial charge in [-0.25, -0.2) is 4.68 Å². The topological polar surface area (TPSA) is 61.2 Å². The van der Waals surface area contributed by atoms with Crippen LogP contribution in [0.5, 0.6) is 11.5 Å². The first-order chi connectivity index (χ1) is 12.7. The molecule has 1 aliphatic heterocycles. The second-order valence-corrected chi connectivity index (χ2v) is 6.68. The van der Waals surface area contributed by atoms with Crippen LogP contribution in [0.2, 0.25) is 0 Å². The summed E-state index contributed by atoms with van der Waals surface area (Å²) in [7, 11) is 3.28. The number of halogens is 1. The van der Waals surface area contributed by atoms with E-state index < -0.39 is 0 Å². The highest BCUT2D eigenvalue weighted by molar-refractivity contribution is 9.10. The van der Waals surface area contributed by atoms with E-state index in [4.69, 9.17) is 9.47 Å². The number of rotatable bonds is 4. The predicted octanol–water partition coefficient (Wildman–Crippen LogP) is 4.11. The normalized spacial score (nSPS) is 15.7. The van der Waals surface area contributed by atoms with Crippen LogP contribution in [0, 0.1) is 0 Å². The first-order valence-electron chi connectivity index (χ1n) is 8.06. The molecule has 0 bridgehead atoms. The molecule has 1 N–H and O–H groups in total. The van der Waals surface area contributed by atoms with Crippen LogP contribution >= 0.6 is 15.9 Å². The molecule has 0 saturated heterocycles. The first-order valence-corrected chi connectivity index (χ1v) is 8.85. The quantitative estimate of drug-likeness (QED) is 0.698. The summed E-state index contributed by atoms with van der Waals surface area (Å²) in [6, 6.07) is 13.8. The van der Waals surface area contributed by atoms with Gasteiger partial charge in [-0.05, 0) is 29.8 Å². The first kappa shape index (κ1) is 16.7. The summed E-state index contributed by atoms with van der Waals surface area (Å²) in [4.78, 5) is 4.34. The Kier molecular flexibility index (Phi) is 4.38. The molecule has 1 aliphatic rings. The van der Waals surface area contributed by atoms with Gasteiger partial charge < -0.3 is 14.8 Å². The summed E-state index contributed by atoms with van der Waals surface area (Å²) in [5.41, 5.74) is 2.98. The van der Waals surface area contributed by atoms with Crippen LogP contribution in [0.1, 0.15) is 17.2 Å². The molecule has 0 saturated carbocycles. The molecule has 0 radical (unpaired) electrons. The second kappa shape index (κ2) is 6.84. The molecule has 4 rings (SSSR count). The lowest BCUT2D eigenvalue weighted by atomic mass is 10.0. The number of benzene rings is 2. The van der Waals surface area contributed by atoms with E-state index in [0.717, 1.165) is 21.3 Å². The van der Waals surface area contributed by atoms with Crippen molar-refractivity contribution >= 4 is 27.6 Å². The third-order valence-corrected chi connectivity index (χ3v) is 4.84. The van der Waals surface area contributed by atoms with Crippen molar-refractivity contribution in [1.29, 1.82) is 0 Å². The molecule has 7 heteroatoms. The number of hydrogen-bond acceptors (Lipinski definition) is 5. The number of aromatic nitrogens is 3. The number of methoxy groups -OCH3 is 2. The number of ether oxygens (including phenoxy) is 2. The summed E-state index contributed by atoms with van der Waals surface area (Å²) >= 11 is 3.48. The average molecular weight is 413 g/mol. The van der Waals surface area contributed by atoms with Crippen molar-refractivity contribution in [2.24, 2.45) is 0 Å². The lowest BCUT2D eigenvalue weighted by Crippen LogP contribution is -2.20. The van der Waals surface area contributed by atoms with Crippen molar-refractivity contribution in [3.05, 3.63) is 70.5 Å². The lowest BCUT2D eigenvalue weighted by molar-refractivity contribution is 0.349. The molecule has 0 aliphatic carbocycles. The van der Waals surface area contributed by atoms with Crippen molar-refractivity contribution in [3.8, 4) is 11.5 Å². The van der Waals surface area contributed by atoms with E-state index in [-0.39, 0.29) is 6.04 Å². The van der Waals surface area contributed by atoms with E-state index in [1.807, 2.05) is 35.0 Å². The van der Waals surface area contributed by atoms with Gasteiger partial charge in [-0.1, -0.05) is 40.2 Å². The van der Waals surface area contributed by atoms with Gasteiger partial charge in [0.1, 0.15) is 12.4 Å². The monoisotopic (exact) mass is 412 g/mol. The minimum Gasteiger partial charge on any atom is -0.493 e. The Morgan fingerprint density at radius 1 is 1.08 bits per heavy atom. The predicted molar refractivity (Wildman–Crippen MR) is 103 cm³/mol. The van der Waals surface area contributed by atoms with E-state index in [2.05, 4.69) is 49.5 Å². The Bertz CT molecular complexity index is 966. The standard InChI is InChI=1S/C19H17BrN4O2/c1-25-17-5-3-4-14(18(17)26-2)16-10-15(12-6-8-13(20)9-7-12)23-19-21-11-22-24(16)19/h3-11,16H,1-2H3,(H,21,22,23)/t16-/m1/s1. The van der Waals surface area contributed by atoms with Crippen LogP contribution in [0.3, 0.4) is 0 Å². The Labute approximate surface area is 159 Å². The van der Waals surface area contributed by atoms with Crippen LogP contribution in [-0.4, -0.2) is 29.0 Å². The SMILES string of the molecule is COc1cccc([C@H]2C=C(c3ccc(Br)cc3)Nc3ncnn32)c1OC. The van der Waals surface area contributed by atoms with Crippen LogP contribution in [0.15, 0.2) is 59.3 Å². The van der Waals surface area contributed by atoms with E-state index in [1.54, 1.807) is 20.5 Å². The fourth-order valence-electron chi connectivity index (χ4n) is 3.10. The van der Waals surface area contributed by atoms with Crippen molar-refractivity contribution in [1.82, 2.24) is 14.8 Å². The number of fused-ring (bicyclic) bond motifs is 1. The molecule has 0 unspecified atom stereocenters. The fraction of sp³-hybridized carbons (Fsp3) is 0.158. The molecule has 2 heterocycles. The number of para-hydroxylation sites is 1. The highest BCUT2D eigenvalue weighted by Gasteiger charge is 2.27. The molecule has 6 nitrogen and oxygen atoms in total. The molecule has 0 amide bonds. The largest absolute Gasteiger partial charge is 0.493 e. The van der Waals surface area contributed by atoms with Gasteiger partial charge in [0.25, 0.3) is 0 Å². The number of anilines is 1. The highest BCUT2D eigenvalue weighted by atomic mass is 79.9. The van der Waals surface area contributed by atoms with Crippen LogP contribution < -0.4 is 14.8 Å². The minimum atomic E-state index is -0.169. The van der Waals surface area contributed by atoms with Gasteiger partial charge in [-0.2, -0.15) is 10.1 Å². The number of nitrogens with zero attached hydrogens (tertiary/aromatic N) is 3. The molecule has 132 valence electrons. The van der Waals surface area contributed by atoms with E-state index >= 15 is 0 Å². The number of allylic oxidation sites excluding steroid dienone is 1. The molecular formula is C19H17BrN4O2. The van der Waals surface area contributed by atoms with Gasteiger partial charge in [0.2, 0.25) is 5.95 Å². The maximum absolute atomic E-state index is 5.63. The Balaban J connectivity index is 1.85. The van der Waals surface area contributed by atoms with E-state index in [9.17, 15) is 0 Å². The van der Waals surface area contributed by atoms with Gasteiger partial charge in [0.05, 0.1) is 14.2 Å². The number of hydrogen-bond donors (Lipinski definition) is 1. The second-order valence-electron chi connectivity index (χ2n) is 5.77. The van der Waals surface area contributed by atoms with Crippen molar-refractivity contribution in [2.45, 2.75) is 6.04 Å². The maximum atomic E-state index is 5.63. The molecule has 0 fully saturated rings. The summed E-state index contributed by atoms with van der Waals surface area (Å²) in [5.74, 6) is 2.05. The van der Waals surface area contributed by atoms with Gasteiger partial charge in [0, 0.05) is 15.7 Å². The number of nitrogens with one attached hydrogen (secondary N) is 1. The molecule has 1 aromatic heterocycles. The van der Waals surface area contributed by atoms with E-state index in [0.29, 0.717) is 17.4 Å². The molecule has 0 spiro atoms. The van der Waals surface area contributed by atoms with Crippen molar-refractivity contribution in [2.75, 3.05) is 19.5 Å². The Hall–Kier alpha value is -2.80. The van der Waals surface area contributed by atoms with Crippen LogP contribution in [0.25, 0.3) is 5.70 Å². The molecule has 3 aromatic rings. The third kappa shape index (κ3) is 2.84. The van der Waals surface area contributed by atoms with Gasteiger partial charge in [0.15, 0.2) is 11.5 Å². The van der Waals surface area contributed by atoms with E-state index in [1.165, 1.54) is 0 Å². The molecule has 1 atom stereocenters. The summed E-state index contributed by atoms with van der Waals surface area (Å²) in [5, 5.41) is 7.72. The fourth-order valence-corrected chi connectivity index (χ4v) is 3.36.